The highest BCUT2D eigenvalue weighted by Gasteiger charge is 2.49. The molecule has 120 valence electrons. The number of nitrogens with zero attached hydrogens (tertiary/aromatic N) is 4. The van der Waals surface area contributed by atoms with Gasteiger partial charge in [0.15, 0.2) is 5.78 Å². The van der Waals surface area contributed by atoms with Crippen LogP contribution in [-0.4, -0.2) is 28.8 Å². The number of allylic oxidation sites excluding steroid dienone is 1. The molecule has 0 aromatic carbocycles. The SMILES string of the molecule is CC1(C)C(=O)C(C#N)=C[C@]2(C)CN(c3ncccn3)CC=C12.Cl. The van der Waals surface area contributed by atoms with Gasteiger partial charge in [-0.3, -0.25) is 4.79 Å². The van der Waals surface area contributed by atoms with E-state index in [1.165, 1.54) is 0 Å². The van der Waals surface area contributed by atoms with Gasteiger partial charge in [0, 0.05) is 30.9 Å². The Morgan fingerprint density at radius 3 is 2.52 bits per heavy atom. The molecule has 1 aromatic rings. The van der Waals surface area contributed by atoms with Crippen molar-refractivity contribution < 1.29 is 4.79 Å². The Bertz CT molecular complexity index is 733. The highest BCUT2D eigenvalue weighted by Crippen LogP contribution is 2.49. The number of carbonyl (C=O) groups excluding carboxylic acids is 1. The molecule has 6 heteroatoms. The van der Waals surface area contributed by atoms with E-state index in [4.69, 9.17) is 0 Å². The van der Waals surface area contributed by atoms with Crippen LogP contribution in [0.15, 0.2) is 41.8 Å². The first-order chi connectivity index (χ1) is 10.4. The van der Waals surface area contributed by atoms with Crippen LogP contribution in [0.3, 0.4) is 0 Å². The van der Waals surface area contributed by atoms with Crippen molar-refractivity contribution in [2.75, 3.05) is 18.0 Å². The fourth-order valence-corrected chi connectivity index (χ4v) is 3.61. The maximum Gasteiger partial charge on any atom is 0.225 e. The minimum atomic E-state index is -0.641. The summed E-state index contributed by atoms with van der Waals surface area (Å²) in [6.45, 7) is 7.20. The largest absolute Gasteiger partial charge is 0.336 e. The zero-order valence-electron chi connectivity index (χ0n) is 13.4. The molecule has 1 atom stereocenters. The summed E-state index contributed by atoms with van der Waals surface area (Å²) in [4.78, 5) is 23.1. The van der Waals surface area contributed by atoms with Crippen LogP contribution < -0.4 is 4.90 Å². The number of hydrogen-bond donors (Lipinski definition) is 0. The quantitative estimate of drug-likeness (QED) is 0.740. The van der Waals surface area contributed by atoms with Gasteiger partial charge in [-0.2, -0.15) is 5.26 Å². The molecule has 0 unspecified atom stereocenters. The molecule has 5 nitrogen and oxygen atoms in total. The Hall–Kier alpha value is -2.19. The summed E-state index contributed by atoms with van der Waals surface area (Å²) in [5.74, 6) is 0.573. The Morgan fingerprint density at radius 2 is 1.91 bits per heavy atom. The van der Waals surface area contributed by atoms with Crippen LogP contribution in [0.4, 0.5) is 5.95 Å². The number of nitriles is 1. The van der Waals surface area contributed by atoms with Gasteiger partial charge in [-0.05, 0) is 25.5 Å². The van der Waals surface area contributed by atoms with E-state index in [0.717, 1.165) is 5.57 Å². The van der Waals surface area contributed by atoms with Gasteiger partial charge >= 0.3 is 0 Å². The molecular formula is C17H19ClN4O. The van der Waals surface area contributed by atoms with Gasteiger partial charge in [0.1, 0.15) is 6.07 Å². The molecular weight excluding hydrogens is 312 g/mol. The molecule has 0 amide bonds. The number of hydrogen-bond acceptors (Lipinski definition) is 5. The summed E-state index contributed by atoms with van der Waals surface area (Å²) in [6.07, 6.45) is 7.33. The summed E-state index contributed by atoms with van der Waals surface area (Å²) in [6, 6.07) is 3.84. The van der Waals surface area contributed by atoms with Gasteiger partial charge in [-0.25, -0.2) is 9.97 Å². The third-order valence-electron chi connectivity index (χ3n) is 4.55. The lowest BCUT2D eigenvalue weighted by atomic mass is 9.60. The van der Waals surface area contributed by atoms with Crippen molar-refractivity contribution in [3.8, 4) is 6.07 Å². The van der Waals surface area contributed by atoms with Gasteiger partial charge in [-0.1, -0.05) is 19.1 Å². The zero-order chi connectivity index (χ0) is 16.0. The minimum Gasteiger partial charge on any atom is -0.336 e. The lowest BCUT2D eigenvalue weighted by Gasteiger charge is -2.47. The summed E-state index contributed by atoms with van der Waals surface area (Å²) in [7, 11) is 0. The predicted octanol–water partition coefficient (Wildman–Crippen LogP) is 2.71. The highest BCUT2D eigenvalue weighted by molar-refractivity contribution is 6.06. The second-order valence-corrected chi connectivity index (χ2v) is 6.59. The standard InChI is InChI=1S/C17H18N4O.ClH/c1-16(2)13-5-8-21(15-19-6-4-7-20-15)11-17(13,3)9-12(10-18)14(16)22;/h4-7,9H,8,11H2,1-3H3;1H/t17-;/m1./s1. The molecule has 2 aliphatic rings. The van der Waals surface area contributed by atoms with Crippen LogP contribution in [-0.2, 0) is 4.79 Å². The van der Waals surface area contributed by atoms with Gasteiger partial charge in [0.25, 0.3) is 0 Å². The number of Topliss-reactive ketones (excluding diaryl/α,β-unsaturated/α-hetero) is 1. The topological polar surface area (TPSA) is 69.9 Å². The molecule has 0 bridgehead atoms. The lowest BCUT2D eigenvalue weighted by molar-refractivity contribution is -0.122. The first-order valence-corrected chi connectivity index (χ1v) is 7.29. The van der Waals surface area contributed by atoms with E-state index < -0.39 is 5.41 Å². The number of fused-ring (bicyclic) bond motifs is 1. The monoisotopic (exact) mass is 330 g/mol. The van der Waals surface area contributed by atoms with E-state index in [9.17, 15) is 10.1 Å². The summed E-state index contributed by atoms with van der Waals surface area (Å²) < 4.78 is 0. The molecule has 0 radical (unpaired) electrons. The molecule has 0 fully saturated rings. The number of anilines is 1. The maximum atomic E-state index is 12.5. The first kappa shape index (κ1) is 17.2. The number of carbonyl (C=O) groups is 1. The molecule has 0 saturated heterocycles. The summed E-state index contributed by atoms with van der Waals surface area (Å²) in [5.41, 5.74) is 0.328. The van der Waals surface area contributed by atoms with Crippen LogP contribution in [0, 0.1) is 22.2 Å². The summed E-state index contributed by atoms with van der Waals surface area (Å²) >= 11 is 0. The van der Waals surface area contributed by atoms with Crippen LogP contribution in [0.2, 0.25) is 0 Å². The molecule has 2 heterocycles. The van der Waals surface area contributed by atoms with Crippen LogP contribution in [0.1, 0.15) is 20.8 Å². The Kier molecular flexibility index (Phi) is 4.32. The van der Waals surface area contributed by atoms with E-state index in [0.29, 0.717) is 19.0 Å². The molecule has 0 saturated carbocycles. The predicted molar refractivity (Wildman–Crippen MR) is 90.2 cm³/mol. The lowest BCUT2D eigenvalue weighted by Crippen LogP contribution is -2.49. The van der Waals surface area contributed by atoms with E-state index >= 15 is 0 Å². The number of rotatable bonds is 1. The van der Waals surface area contributed by atoms with Gasteiger partial charge in [0.05, 0.1) is 11.0 Å². The summed E-state index contributed by atoms with van der Waals surface area (Å²) in [5, 5.41) is 9.28. The number of aromatic nitrogens is 2. The molecule has 1 aliphatic carbocycles. The average Bonchev–Trinajstić information content (AvgIpc) is 2.51. The van der Waals surface area contributed by atoms with Crippen LogP contribution in [0.25, 0.3) is 0 Å². The van der Waals surface area contributed by atoms with E-state index in [1.54, 1.807) is 18.5 Å². The van der Waals surface area contributed by atoms with Crippen molar-refractivity contribution in [2.24, 2.45) is 10.8 Å². The van der Waals surface area contributed by atoms with Crippen molar-refractivity contribution >= 4 is 24.1 Å². The van der Waals surface area contributed by atoms with Gasteiger partial charge in [0.2, 0.25) is 5.95 Å². The Labute approximate surface area is 142 Å². The van der Waals surface area contributed by atoms with Crippen molar-refractivity contribution in [3.05, 3.63) is 41.8 Å². The van der Waals surface area contributed by atoms with Crippen molar-refractivity contribution in [2.45, 2.75) is 20.8 Å². The van der Waals surface area contributed by atoms with Gasteiger partial charge in [-0.15, -0.1) is 12.4 Å². The molecule has 1 aromatic heterocycles. The molecule has 0 N–H and O–H groups in total. The van der Waals surface area contributed by atoms with Crippen LogP contribution >= 0.6 is 12.4 Å². The smallest absolute Gasteiger partial charge is 0.225 e. The minimum absolute atomic E-state index is 0. The average molecular weight is 331 g/mol. The van der Waals surface area contributed by atoms with Crippen molar-refractivity contribution in [3.63, 3.8) is 0 Å². The van der Waals surface area contributed by atoms with Crippen LogP contribution in [0.5, 0.6) is 0 Å². The second-order valence-electron chi connectivity index (χ2n) is 6.59. The third kappa shape index (κ3) is 2.64. The molecule has 23 heavy (non-hydrogen) atoms. The van der Waals surface area contributed by atoms with E-state index in [2.05, 4.69) is 33.9 Å². The number of ketones is 1. The van der Waals surface area contributed by atoms with Crippen molar-refractivity contribution in [1.82, 2.24) is 9.97 Å². The maximum absolute atomic E-state index is 12.5. The fourth-order valence-electron chi connectivity index (χ4n) is 3.61. The van der Waals surface area contributed by atoms with E-state index in [1.807, 2.05) is 19.9 Å². The highest BCUT2D eigenvalue weighted by atomic mass is 35.5. The zero-order valence-corrected chi connectivity index (χ0v) is 14.2. The second kappa shape index (κ2) is 5.78. The Balaban J connectivity index is 0.00000192. The van der Waals surface area contributed by atoms with E-state index in [-0.39, 0.29) is 29.2 Å². The third-order valence-corrected chi connectivity index (χ3v) is 4.55. The first-order valence-electron chi connectivity index (χ1n) is 7.29. The van der Waals surface area contributed by atoms with Gasteiger partial charge < -0.3 is 4.90 Å². The molecule has 0 spiro atoms. The fraction of sp³-hybridized carbons (Fsp3) is 0.412. The van der Waals surface area contributed by atoms with Crippen molar-refractivity contribution in [1.29, 1.82) is 5.26 Å². The number of halogens is 1. The Morgan fingerprint density at radius 1 is 1.26 bits per heavy atom. The molecule has 1 aliphatic heterocycles. The normalized spacial score (nSPS) is 25.5. The molecule has 3 rings (SSSR count).